The van der Waals surface area contributed by atoms with Crippen LogP contribution in [0.15, 0.2) is 0 Å². The maximum absolute atomic E-state index is 12.8. The summed E-state index contributed by atoms with van der Waals surface area (Å²) in [7, 11) is 1.45. The third-order valence-electron chi connectivity index (χ3n) is 6.14. The van der Waals surface area contributed by atoms with Crippen LogP contribution in [0.25, 0.3) is 0 Å². The van der Waals surface area contributed by atoms with Crippen molar-refractivity contribution >= 4 is 17.8 Å². The molecular weight excluding hydrogens is 370 g/mol. The summed E-state index contributed by atoms with van der Waals surface area (Å²) >= 11 is 0. The van der Waals surface area contributed by atoms with Crippen LogP contribution < -0.4 is 0 Å². The van der Waals surface area contributed by atoms with Gasteiger partial charge in [0.25, 0.3) is 0 Å². The summed E-state index contributed by atoms with van der Waals surface area (Å²) in [6, 6.07) is 0. The van der Waals surface area contributed by atoms with E-state index in [0.717, 1.165) is 17.7 Å². The number of carboxylic acids is 1. The zero-order valence-electron chi connectivity index (χ0n) is 19.0. The van der Waals surface area contributed by atoms with Gasteiger partial charge in [-0.15, -0.1) is 0 Å². The van der Waals surface area contributed by atoms with Gasteiger partial charge in [0.15, 0.2) is 0 Å². The van der Waals surface area contributed by atoms with Crippen molar-refractivity contribution in [1.29, 1.82) is 0 Å². The van der Waals surface area contributed by atoms with Gasteiger partial charge in [0, 0.05) is 13.7 Å². The maximum atomic E-state index is 12.8. The minimum atomic E-state index is -1.02. The van der Waals surface area contributed by atoms with Gasteiger partial charge in [0.1, 0.15) is 0 Å². The SMILES string of the molecule is CCCCCCCCCCOC(CC)C1C(=O)N(C)C(=O)C1C(C(=O)O)C(C)C. The highest BCUT2D eigenvalue weighted by atomic mass is 16.5. The lowest BCUT2D eigenvalue weighted by atomic mass is 9.74. The van der Waals surface area contributed by atoms with Crippen molar-refractivity contribution < 1.29 is 24.2 Å². The van der Waals surface area contributed by atoms with E-state index < -0.39 is 35.7 Å². The lowest BCUT2D eigenvalue weighted by Gasteiger charge is -2.29. The van der Waals surface area contributed by atoms with E-state index in [-0.39, 0.29) is 11.8 Å². The van der Waals surface area contributed by atoms with Gasteiger partial charge >= 0.3 is 5.97 Å². The largest absolute Gasteiger partial charge is 0.481 e. The normalized spacial score (nSPS) is 21.8. The maximum Gasteiger partial charge on any atom is 0.307 e. The highest BCUT2D eigenvalue weighted by Gasteiger charge is 2.55. The molecule has 6 nitrogen and oxygen atoms in total. The predicted octanol–water partition coefficient (Wildman–Crippen LogP) is 4.51. The molecule has 1 aliphatic rings. The van der Waals surface area contributed by atoms with Crippen LogP contribution >= 0.6 is 0 Å². The second-order valence-corrected chi connectivity index (χ2v) is 8.69. The number of rotatable bonds is 15. The molecule has 0 bridgehead atoms. The Balaban J connectivity index is 2.66. The first-order valence-electron chi connectivity index (χ1n) is 11.4. The number of ether oxygens (including phenoxy) is 1. The molecule has 1 saturated heterocycles. The molecule has 0 aromatic rings. The Hall–Kier alpha value is -1.43. The Kier molecular flexibility index (Phi) is 11.5. The molecule has 0 spiro atoms. The molecule has 1 aliphatic heterocycles. The second kappa shape index (κ2) is 13.0. The summed E-state index contributed by atoms with van der Waals surface area (Å²) in [6.07, 6.45) is 9.74. The predicted molar refractivity (Wildman–Crippen MR) is 113 cm³/mol. The number of carbonyl (C=O) groups excluding carboxylic acids is 2. The fourth-order valence-corrected chi connectivity index (χ4v) is 4.43. The van der Waals surface area contributed by atoms with Gasteiger partial charge in [-0.25, -0.2) is 0 Å². The molecule has 0 saturated carbocycles. The topological polar surface area (TPSA) is 83.9 Å². The van der Waals surface area contributed by atoms with Gasteiger partial charge < -0.3 is 9.84 Å². The zero-order valence-corrected chi connectivity index (χ0v) is 19.0. The number of carbonyl (C=O) groups is 3. The number of amides is 2. The summed E-state index contributed by atoms with van der Waals surface area (Å²) in [5.74, 6) is -4.42. The van der Waals surface area contributed by atoms with Crippen LogP contribution in [-0.4, -0.2) is 47.5 Å². The van der Waals surface area contributed by atoms with Gasteiger partial charge in [-0.2, -0.15) is 0 Å². The van der Waals surface area contributed by atoms with E-state index in [1.807, 2.05) is 6.92 Å². The minimum Gasteiger partial charge on any atom is -0.481 e. The standard InChI is InChI=1S/C23H41NO5/c1-6-8-9-10-11-12-13-14-15-29-17(7-2)19-20(18(16(3)4)23(27)28)22(26)24(5)21(19)25/h16-20H,6-15H2,1-5H3,(H,27,28). The molecular formula is C23H41NO5. The third kappa shape index (κ3) is 7.09. The fourth-order valence-electron chi connectivity index (χ4n) is 4.43. The number of likely N-dealkylation sites (tertiary alicyclic amines) is 1. The van der Waals surface area contributed by atoms with Gasteiger partial charge in [-0.05, 0) is 18.8 Å². The minimum absolute atomic E-state index is 0.242. The number of hydrogen-bond donors (Lipinski definition) is 1. The quantitative estimate of drug-likeness (QED) is 0.317. The van der Waals surface area contributed by atoms with Crippen LogP contribution in [0.1, 0.15) is 85.5 Å². The molecule has 4 unspecified atom stereocenters. The molecule has 0 aromatic heterocycles. The second-order valence-electron chi connectivity index (χ2n) is 8.69. The van der Waals surface area contributed by atoms with Crippen molar-refractivity contribution in [1.82, 2.24) is 4.90 Å². The van der Waals surface area contributed by atoms with E-state index in [9.17, 15) is 19.5 Å². The summed E-state index contributed by atoms with van der Waals surface area (Å²) in [4.78, 5) is 38.4. The lowest BCUT2D eigenvalue weighted by Crippen LogP contribution is -2.41. The Morgan fingerprint density at radius 3 is 1.97 bits per heavy atom. The first-order valence-corrected chi connectivity index (χ1v) is 11.4. The smallest absolute Gasteiger partial charge is 0.307 e. The number of nitrogens with zero attached hydrogens (tertiary/aromatic N) is 1. The van der Waals surface area contributed by atoms with Crippen LogP contribution in [0.3, 0.4) is 0 Å². The average molecular weight is 412 g/mol. The number of aliphatic carboxylic acids is 1. The first kappa shape index (κ1) is 25.6. The van der Waals surface area contributed by atoms with Gasteiger partial charge in [0.2, 0.25) is 11.8 Å². The number of hydrogen-bond acceptors (Lipinski definition) is 4. The Bertz CT molecular complexity index is 533. The summed E-state index contributed by atoms with van der Waals surface area (Å²) < 4.78 is 6.03. The van der Waals surface area contributed by atoms with Crippen LogP contribution in [0.5, 0.6) is 0 Å². The lowest BCUT2D eigenvalue weighted by molar-refractivity contribution is -0.151. The third-order valence-corrected chi connectivity index (χ3v) is 6.14. The van der Waals surface area contributed by atoms with E-state index in [0.29, 0.717) is 13.0 Å². The fraction of sp³-hybridized carbons (Fsp3) is 0.870. The van der Waals surface area contributed by atoms with Crippen LogP contribution in [-0.2, 0) is 19.1 Å². The van der Waals surface area contributed by atoms with Gasteiger partial charge in [0.05, 0.1) is 23.9 Å². The summed E-state index contributed by atoms with van der Waals surface area (Å²) in [5.41, 5.74) is 0. The molecule has 4 atom stereocenters. The Morgan fingerprint density at radius 1 is 0.966 bits per heavy atom. The highest BCUT2D eigenvalue weighted by molar-refractivity contribution is 6.06. The monoisotopic (exact) mass is 411 g/mol. The molecule has 1 rings (SSSR count). The summed E-state index contributed by atoms with van der Waals surface area (Å²) in [6.45, 7) is 8.26. The van der Waals surface area contributed by atoms with Crippen molar-refractivity contribution in [2.45, 2.75) is 91.6 Å². The van der Waals surface area contributed by atoms with Crippen molar-refractivity contribution in [3.63, 3.8) is 0 Å². The molecule has 6 heteroatoms. The number of unbranched alkanes of at least 4 members (excludes halogenated alkanes) is 7. The molecule has 0 aliphatic carbocycles. The molecule has 168 valence electrons. The average Bonchev–Trinajstić information content (AvgIpc) is 2.88. The highest BCUT2D eigenvalue weighted by Crippen LogP contribution is 2.39. The number of imide groups is 1. The molecule has 1 heterocycles. The molecule has 29 heavy (non-hydrogen) atoms. The van der Waals surface area contributed by atoms with E-state index in [1.54, 1.807) is 13.8 Å². The first-order chi connectivity index (χ1) is 13.8. The molecule has 1 fully saturated rings. The van der Waals surface area contributed by atoms with Crippen LogP contribution in [0, 0.1) is 23.7 Å². The Morgan fingerprint density at radius 2 is 1.48 bits per heavy atom. The van der Waals surface area contributed by atoms with Crippen molar-refractivity contribution in [2.75, 3.05) is 13.7 Å². The van der Waals surface area contributed by atoms with E-state index in [4.69, 9.17) is 4.74 Å². The number of carboxylic acid groups (broad SMARTS) is 1. The van der Waals surface area contributed by atoms with Crippen LogP contribution in [0.2, 0.25) is 0 Å². The van der Waals surface area contributed by atoms with E-state index in [2.05, 4.69) is 6.92 Å². The van der Waals surface area contributed by atoms with Gasteiger partial charge in [-0.1, -0.05) is 72.6 Å². The summed E-state index contributed by atoms with van der Waals surface area (Å²) in [5, 5.41) is 9.69. The zero-order chi connectivity index (χ0) is 22.0. The van der Waals surface area contributed by atoms with E-state index in [1.165, 1.54) is 45.6 Å². The van der Waals surface area contributed by atoms with Crippen molar-refractivity contribution in [2.24, 2.45) is 23.7 Å². The van der Waals surface area contributed by atoms with Crippen molar-refractivity contribution in [3.8, 4) is 0 Å². The van der Waals surface area contributed by atoms with E-state index >= 15 is 0 Å². The molecule has 2 amide bonds. The van der Waals surface area contributed by atoms with Crippen molar-refractivity contribution in [3.05, 3.63) is 0 Å². The Labute approximate surface area is 176 Å². The van der Waals surface area contributed by atoms with Gasteiger partial charge in [-0.3, -0.25) is 19.3 Å². The molecule has 0 radical (unpaired) electrons. The van der Waals surface area contributed by atoms with Crippen LogP contribution in [0.4, 0.5) is 0 Å². The molecule has 0 aromatic carbocycles. The molecule has 1 N–H and O–H groups in total.